The lowest BCUT2D eigenvalue weighted by molar-refractivity contribution is 0.0939. The summed E-state index contributed by atoms with van der Waals surface area (Å²) in [5, 5.41) is 4.31. The molecule has 4 heteroatoms. The third-order valence-electron chi connectivity index (χ3n) is 4.42. The van der Waals surface area contributed by atoms with Crippen LogP contribution in [0.2, 0.25) is 0 Å². The summed E-state index contributed by atoms with van der Waals surface area (Å²) >= 11 is 0. The summed E-state index contributed by atoms with van der Waals surface area (Å²) < 4.78 is 1.46. The molecular formula is C21H22N2O2. The van der Waals surface area contributed by atoms with Gasteiger partial charge in [-0.3, -0.25) is 9.59 Å². The van der Waals surface area contributed by atoms with Gasteiger partial charge in [-0.25, -0.2) is 0 Å². The predicted octanol–water partition coefficient (Wildman–Crippen LogP) is 3.29. The fourth-order valence-electron chi connectivity index (χ4n) is 3.00. The summed E-state index contributed by atoms with van der Waals surface area (Å²) in [6.45, 7) is 2.00. The van der Waals surface area contributed by atoms with Crippen molar-refractivity contribution in [2.45, 2.75) is 25.8 Å². The molecule has 0 fully saturated rings. The van der Waals surface area contributed by atoms with E-state index in [1.165, 1.54) is 10.1 Å². The van der Waals surface area contributed by atoms with E-state index in [0.717, 1.165) is 12.8 Å². The lowest BCUT2D eigenvalue weighted by atomic mass is 10.0. The van der Waals surface area contributed by atoms with Crippen LogP contribution in [0.3, 0.4) is 0 Å². The summed E-state index contributed by atoms with van der Waals surface area (Å²) in [6.07, 6.45) is 3.39. The second kappa shape index (κ2) is 7.34. The number of benzene rings is 2. The second-order valence-electron chi connectivity index (χ2n) is 6.40. The van der Waals surface area contributed by atoms with Crippen LogP contribution in [0.4, 0.5) is 0 Å². The van der Waals surface area contributed by atoms with E-state index >= 15 is 0 Å². The Morgan fingerprint density at radius 2 is 1.68 bits per heavy atom. The predicted molar refractivity (Wildman–Crippen MR) is 101 cm³/mol. The Kier molecular flexibility index (Phi) is 4.98. The van der Waals surface area contributed by atoms with Crippen molar-refractivity contribution in [2.75, 3.05) is 0 Å². The molecule has 1 N–H and O–H groups in total. The van der Waals surface area contributed by atoms with E-state index in [-0.39, 0.29) is 17.5 Å². The zero-order chi connectivity index (χ0) is 17.8. The molecule has 1 amide bonds. The first-order valence-corrected chi connectivity index (χ1v) is 8.49. The number of nitrogens with zero attached hydrogens (tertiary/aromatic N) is 1. The average molecular weight is 334 g/mol. The highest BCUT2D eigenvalue weighted by molar-refractivity contribution is 6.06. The summed E-state index contributed by atoms with van der Waals surface area (Å²) in [5.74, 6) is -0.146. The van der Waals surface area contributed by atoms with E-state index in [1.54, 1.807) is 19.3 Å². The van der Waals surface area contributed by atoms with E-state index in [4.69, 9.17) is 0 Å². The SMILES string of the molecule is CC(CCc1ccccc1)NC(=O)c1cn(C)c(=O)c2ccccc12. The summed E-state index contributed by atoms with van der Waals surface area (Å²) in [4.78, 5) is 24.9. The third kappa shape index (κ3) is 3.79. The van der Waals surface area contributed by atoms with Crippen LogP contribution in [0.15, 0.2) is 65.6 Å². The maximum Gasteiger partial charge on any atom is 0.258 e. The van der Waals surface area contributed by atoms with Crippen LogP contribution < -0.4 is 10.9 Å². The number of carbonyl (C=O) groups is 1. The van der Waals surface area contributed by atoms with Crippen LogP contribution >= 0.6 is 0 Å². The van der Waals surface area contributed by atoms with Crippen LogP contribution in [-0.4, -0.2) is 16.5 Å². The largest absolute Gasteiger partial charge is 0.350 e. The molecule has 1 aromatic heterocycles. The van der Waals surface area contributed by atoms with Crippen LogP contribution in [0.25, 0.3) is 10.8 Å². The normalized spacial score (nSPS) is 12.1. The number of nitrogens with one attached hydrogen (secondary N) is 1. The minimum Gasteiger partial charge on any atom is -0.350 e. The van der Waals surface area contributed by atoms with Gasteiger partial charge in [0.2, 0.25) is 0 Å². The Balaban J connectivity index is 1.76. The van der Waals surface area contributed by atoms with Crippen molar-refractivity contribution in [1.29, 1.82) is 0 Å². The van der Waals surface area contributed by atoms with Crippen LogP contribution in [0.5, 0.6) is 0 Å². The maximum absolute atomic E-state index is 12.7. The zero-order valence-corrected chi connectivity index (χ0v) is 14.5. The number of amides is 1. The van der Waals surface area contributed by atoms with Gasteiger partial charge in [0, 0.05) is 30.1 Å². The van der Waals surface area contributed by atoms with E-state index in [2.05, 4.69) is 17.4 Å². The van der Waals surface area contributed by atoms with Gasteiger partial charge in [-0.15, -0.1) is 0 Å². The van der Waals surface area contributed by atoms with Gasteiger partial charge in [-0.2, -0.15) is 0 Å². The molecule has 0 bridgehead atoms. The molecule has 0 aliphatic rings. The molecule has 2 aromatic carbocycles. The highest BCUT2D eigenvalue weighted by atomic mass is 16.2. The van der Waals surface area contributed by atoms with Gasteiger partial charge < -0.3 is 9.88 Å². The van der Waals surface area contributed by atoms with Gasteiger partial charge in [0.1, 0.15) is 0 Å². The van der Waals surface area contributed by atoms with Gasteiger partial charge in [0.05, 0.1) is 5.56 Å². The summed E-state index contributed by atoms with van der Waals surface area (Å²) in [6, 6.07) is 17.5. The van der Waals surface area contributed by atoms with Crippen molar-refractivity contribution in [1.82, 2.24) is 9.88 Å². The van der Waals surface area contributed by atoms with Gasteiger partial charge in [0.15, 0.2) is 0 Å². The molecule has 128 valence electrons. The molecule has 3 rings (SSSR count). The molecule has 4 nitrogen and oxygen atoms in total. The Morgan fingerprint density at radius 1 is 1.04 bits per heavy atom. The second-order valence-corrected chi connectivity index (χ2v) is 6.40. The molecule has 0 saturated heterocycles. The number of hydrogen-bond donors (Lipinski definition) is 1. The lowest BCUT2D eigenvalue weighted by Crippen LogP contribution is -2.34. The molecule has 0 spiro atoms. The number of pyridine rings is 1. The molecule has 0 aliphatic heterocycles. The van der Waals surface area contributed by atoms with Crippen molar-refractivity contribution < 1.29 is 4.79 Å². The van der Waals surface area contributed by atoms with Gasteiger partial charge in [0.25, 0.3) is 11.5 Å². The molecule has 1 atom stereocenters. The first-order valence-electron chi connectivity index (χ1n) is 8.49. The molecule has 1 unspecified atom stereocenters. The topological polar surface area (TPSA) is 51.1 Å². The molecule has 0 saturated carbocycles. The standard InChI is InChI=1S/C21H22N2O2/c1-15(12-13-16-8-4-3-5-9-16)22-20(24)19-14-23(2)21(25)18-11-7-6-10-17(18)19/h3-11,14-15H,12-13H2,1-2H3,(H,22,24). The molecule has 25 heavy (non-hydrogen) atoms. The Hall–Kier alpha value is -2.88. The number of hydrogen-bond acceptors (Lipinski definition) is 2. The Labute approximate surface area is 147 Å². The van der Waals surface area contributed by atoms with Crippen molar-refractivity contribution >= 4 is 16.7 Å². The van der Waals surface area contributed by atoms with Gasteiger partial charge in [-0.05, 0) is 31.4 Å². The number of carbonyl (C=O) groups excluding carboxylic acids is 1. The van der Waals surface area contributed by atoms with Gasteiger partial charge in [-0.1, -0.05) is 48.5 Å². The van der Waals surface area contributed by atoms with Crippen molar-refractivity contribution in [3.8, 4) is 0 Å². The number of aryl methyl sites for hydroxylation is 2. The quantitative estimate of drug-likeness (QED) is 0.778. The Bertz CT molecular complexity index is 945. The number of fused-ring (bicyclic) bond motifs is 1. The molecule has 0 radical (unpaired) electrons. The summed E-state index contributed by atoms with van der Waals surface area (Å²) in [7, 11) is 1.67. The maximum atomic E-state index is 12.7. The van der Waals surface area contributed by atoms with E-state index in [1.807, 2.05) is 43.3 Å². The zero-order valence-electron chi connectivity index (χ0n) is 14.5. The third-order valence-corrected chi connectivity index (χ3v) is 4.42. The number of aromatic nitrogens is 1. The molecule has 0 aliphatic carbocycles. The highest BCUT2D eigenvalue weighted by Crippen LogP contribution is 2.15. The Morgan fingerprint density at radius 3 is 2.40 bits per heavy atom. The minimum absolute atomic E-state index is 0.0451. The van der Waals surface area contributed by atoms with Crippen molar-refractivity contribution in [3.05, 3.63) is 82.3 Å². The molecule has 1 heterocycles. The minimum atomic E-state index is -0.146. The van der Waals surface area contributed by atoms with E-state index in [9.17, 15) is 9.59 Å². The average Bonchev–Trinajstić information content (AvgIpc) is 2.64. The van der Waals surface area contributed by atoms with E-state index < -0.39 is 0 Å². The fraction of sp³-hybridized carbons (Fsp3) is 0.238. The first kappa shape index (κ1) is 17.0. The van der Waals surface area contributed by atoms with Crippen molar-refractivity contribution in [3.63, 3.8) is 0 Å². The van der Waals surface area contributed by atoms with Crippen LogP contribution in [0, 0.1) is 0 Å². The first-order chi connectivity index (χ1) is 12.1. The monoisotopic (exact) mass is 334 g/mol. The van der Waals surface area contributed by atoms with Crippen molar-refractivity contribution in [2.24, 2.45) is 7.05 Å². The van der Waals surface area contributed by atoms with Crippen LogP contribution in [-0.2, 0) is 13.5 Å². The number of rotatable bonds is 5. The summed E-state index contributed by atoms with van der Waals surface area (Å²) in [5.41, 5.74) is 1.70. The van der Waals surface area contributed by atoms with E-state index in [0.29, 0.717) is 16.3 Å². The van der Waals surface area contributed by atoms with Crippen LogP contribution in [0.1, 0.15) is 29.3 Å². The molecule has 3 aromatic rings. The van der Waals surface area contributed by atoms with Gasteiger partial charge >= 0.3 is 0 Å². The molecular weight excluding hydrogens is 312 g/mol. The lowest BCUT2D eigenvalue weighted by Gasteiger charge is -2.15. The smallest absolute Gasteiger partial charge is 0.258 e. The highest BCUT2D eigenvalue weighted by Gasteiger charge is 2.15. The fourth-order valence-corrected chi connectivity index (χ4v) is 3.00.